The third kappa shape index (κ3) is 5.57. The summed E-state index contributed by atoms with van der Waals surface area (Å²) in [4.78, 5) is 0.326. The molecule has 0 aromatic heterocycles. The van der Waals surface area contributed by atoms with Gasteiger partial charge in [0.15, 0.2) is 0 Å². The summed E-state index contributed by atoms with van der Waals surface area (Å²) >= 11 is 0. The Morgan fingerprint density at radius 2 is 1.84 bits per heavy atom. The van der Waals surface area contributed by atoms with E-state index in [1.807, 2.05) is 39.8 Å². The van der Waals surface area contributed by atoms with E-state index in [-0.39, 0.29) is 6.04 Å². The van der Waals surface area contributed by atoms with Crippen LogP contribution in [-0.4, -0.2) is 14.5 Å². The van der Waals surface area contributed by atoms with Gasteiger partial charge in [0.05, 0.1) is 4.90 Å². The SMILES string of the molecule is CC(C)=CCCC(C)NS(=O)(=O)c1ccc(C)cc1. The molecule has 0 amide bonds. The van der Waals surface area contributed by atoms with E-state index in [2.05, 4.69) is 10.8 Å². The number of allylic oxidation sites excluding steroid dienone is 2. The molecule has 106 valence electrons. The number of nitrogens with one attached hydrogen (secondary N) is 1. The van der Waals surface area contributed by atoms with Gasteiger partial charge in [0.1, 0.15) is 0 Å². The molecule has 0 aliphatic heterocycles. The summed E-state index contributed by atoms with van der Waals surface area (Å²) in [6.45, 7) is 7.92. The molecule has 3 nitrogen and oxygen atoms in total. The summed E-state index contributed by atoms with van der Waals surface area (Å²) in [5.74, 6) is 0. The number of hydrogen-bond donors (Lipinski definition) is 1. The number of sulfonamides is 1. The van der Waals surface area contributed by atoms with E-state index in [1.165, 1.54) is 5.57 Å². The van der Waals surface area contributed by atoms with E-state index in [0.717, 1.165) is 18.4 Å². The Kier molecular flexibility index (Phi) is 5.76. The average Bonchev–Trinajstić information content (AvgIpc) is 2.28. The second kappa shape index (κ2) is 6.87. The molecule has 1 rings (SSSR count). The first-order valence-corrected chi connectivity index (χ1v) is 8.02. The fourth-order valence-corrected chi connectivity index (χ4v) is 3.01. The maximum absolute atomic E-state index is 12.1. The van der Waals surface area contributed by atoms with E-state index in [9.17, 15) is 8.42 Å². The van der Waals surface area contributed by atoms with Crippen LogP contribution in [0.5, 0.6) is 0 Å². The minimum atomic E-state index is -3.40. The van der Waals surface area contributed by atoms with Crippen molar-refractivity contribution in [3.63, 3.8) is 0 Å². The van der Waals surface area contributed by atoms with Crippen molar-refractivity contribution in [3.05, 3.63) is 41.5 Å². The lowest BCUT2D eigenvalue weighted by molar-refractivity contribution is 0.549. The predicted octanol–water partition coefficient (Wildman–Crippen LogP) is 3.41. The van der Waals surface area contributed by atoms with E-state index in [0.29, 0.717) is 4.90 Å². The molecule has 0 saturated heterocycles. The second-order valence-corrected chi connectivity index (χ2v) is 6.91. The van der Waals surface area contributed by atoms with Crippen LogP contribution in [0.4, 0.5) is 0 Å². The normalized spacial score (nSPS) is 13.1. The number of rotatable bonds is 6. The third-order valence-electron chi connectivity index (χ3n) is 2.84. The highest BCUT2D eigenvalue weighted by Gasteiger charge is 2.16. The zero-order valence-electron chi connectivity index (χ0n) is 12.1. The summed E-state index contributed by atoms with van der Waals surface area (Å²) in [6.07, 6.45) is 3.81. The minimum Gasteiger partial charge on any atom is -0.208 e. The smallest absolute Gasteiger partial charge is 0.208 e. The van der Waals surface area contributed by atoms with Crippen LogP contribution in [0.1, 0.15) is 39.2 Å². The van der Waals surface area contributed by atoms with Gasteiger partial charge in [-0.3, -0.25) is 0 Å². The van der Waals surface area contributed by atoms with E-state index < -0.39 is 10.0 Å². The van der Waals surface area contributed by atoms with Gasteiger partial charge in [-0.15, -0.1) is 0 Å². The first kappa shape index (κ1) is 15.9. The van der Waals surface area contributed by atoms with Crippen molar-refractivity contribution in [2.24, 2.45) is 0 Å². The molecule has 0 saturated carbocycles. The molecule has 4 heteroatoms. The molecular formula is C15H23NO2S. The van der Waals surface area contributed by atoms with Crippen LogP contribution in [0, 0.1) is 6.92 Å². The molecule has 0 aliphatic carbocycles. The summed E-state index contributed by atoms with van der Waals surface area (Å²) in [5.41, 5.74) is 2.31. The van der Waals surface area contributed by atoms with Crippen molar-refractivity contribution in [1.29, 1.82) is 0 Å². The van der Waals surface area contributed by atoms with Crippen LogP contribution in [0.25, 0.3) is 0 Å². The first-order chi connectivity index (χ1) is 8.81. The molecule has 0 spiro atoms. The molecule has 19 heavy (non-hydrogen) atoms. The molecule has 0 bridgehead atoms. The lowest BCUT2D eigenvalue weighted by atomic mass is 10.1. The van der Waals surface area contributed by atoms with E-state index >= 15 is 0 Å². The lowest BCUT2D eigenvalue weighted by Crippen LogP contribution is -2.32. The highest BCUT2D eigenvalue weighted by atomic mass is 32.2. The predicted molar refractivity (Wildman–Crippen MR) is 79.6 cm³/mol. The maximum Gasteiger partial charge on any atom is 0.240 e. The van der Waals surface area contributed by atoms with Crippen LogP contribution in [0.15, 0.2) is 40.8 Å². The van der Waals surface area contributed by atoms with Crippen LogP contribution in [0.2, 0.25) is 0 Å². The summed E-state index contributed by atoms with van der Waals surface area (Å²) in [7, 11) is -3.40. The van der Waals surface area contributed by atoms with Gasteiger partial charge in [0.2, 0.25) is 10.0 Å². The van der Waals surface area contributed by atoms with Crippen molar-refractivity contribution in [2.75, 3.05) is 0 Å². The largest absolute Gasteiger partial charge is 0.240 e. The van der Waals surface area contributed by atoms with E-state index in [1.54, 1.807) is 12.1 Å². The van der Waals surface area contributed by atoms with E-state index in [4.69, 9.17) is 0 Å². The number of aryl methyl sites for hydroxylation is 1. The Balaban J connectivity index is 2.64. The molecule has 0 heterocycles. The summed E-state index contributed by atoms with van der Waals surface area (Å²) < 4.78 is 27.0. The molecule has 1 aromatic rings. The average molecular weight is 281 g/mol. The fourth-order valence-electron chi connectivity index (χ4n) is 1.73. The molecule has 1 aromatic carbocycles. The fraction of sp³-hybridized carbons (Fsp3) is 0.467. The van der Waals surface area contributed by atoms with Crippen LogP contribution in [-0.2, 0) is 10.0 Å². The topological polar surface area (TPSA) is 46.2 Å². The molecule has 0 fully saturated rings. The Labute approximate surface area is 116 Å². The van der Waals surface area contributed by atoms with Gasteiger partial charge in [-0.25, -0.2) is 13.1 Å². The van der Waals surface area contributed by atoms with Gasteiger partial charge in [0, 0.05) is 6.04 Å². The van der Waals surface area contributed by atoms with Gasteiger partial charge in [-0.2, -0.15) is 0 Å². The summed E-state index contributed by atoms with van der Waals surface area (Å²) in [5, 5.41) is 0. The van der Waals surface area contributed by atoms with Gasteiger partial charge >= 0.3 is 0 Å². The van der Waals surface area contributed by atoms with Gasteiger partial charge in [-0.1, -0.05) is 29.3 Å². The number of benzene rings is 1. The van der Waals surface area contributed by atoms with Crippen LogP contribution >= 0.6 is 0 Å². The molecule has 1 unspecified atom stereocenters. The molecule has 1 N–H and O–H groups in total. The Morgan fingerprint density at radius 3 is 2.37 bits per heavy atom. The van der Waals surface area contributed by atoms with Crippen LogP contribution in [0.3, 0.4) is 0 Å². The van der Waals surface area contributed by atoms with Crippen molar-refractivity contribution < 1.29 is 8.42 Å². The quantitative estimate of drug-likeness (QED) is 0.812. The van der Waals surface area contributed by atoms with Gasteiger partial charge in [0.25, 0.3) is 0 Å². The van der Waals surface area contributed by atoms with Gasteiger partial charge in [-0.05, 0) is 52.7 Å². The molecule has 0 aliphatic rings. The minimum absolute atomic E-state index is 0.0677. The Bertz CT molecular complexity index is 526. The summed E-state index contributed by atoms with van der Waals surface area (Å²) in [6, 6.07) is 6.83. The highest BCUT2D eigenvalue weighted by molar-refractivity contribution is 7.89. The lowest BCUT2D eigenvalue weighted by Gasteiger charge is -2.13. The van der Waals surface area contributed by atoms with Crippen molar-refractivity contribution >= 4 is 10.0 Å². The van der Waals surface area contributed by atoms with Crippen LogP contribution < -0.4 is 4.72 Å². The maximum atomic E-state index is 12.1. The third-order valence-corrected chi connectivity index (χ3v) is 4.45. The Hall–Kier alpha value is -1.13. The zero-order chi connectivity index (χ0) is 14.5. The monoisotopic (exact) mass is 281 g/mol. The van der Waals surface area contributed by atoms with Gasteiger partial charge < -0.3 is 0 Å². The Morgan fingerprint density at radius 1 is 1.26 bits per heavy atom. The van der Waals surface area contributed by atoms with Crippen molar-refractivity contribution in [2.45, 2.75) is 51.5 Å². The molecular weight excluding hydrogens is 258 g/mol. The molecule has 1 atom stereocenters. The first-order valence-electron chi connectivity index (χ1n) is 6.53. The highest BCUT2D eigenvalue weighted by Crippen LogP contribution is 2.11. The number of hydrogen-bond acceptors (Lipinski definition) is 2. The van der Waals surface area contributed by atoms with Crippen molar-refractivity contribution in [1.82, 2.24) is 4.72 Å². The standard InChI is InChI=1S/C15H23NO2S/c1-12(2)6-5-7-14(4)16-19(17,18)15-10-8-13(3)9-11-15/h6,8-11,14,16H,5,7H2,1-4H3. The molecule has 0 radical (unpaired) electrons. The zero-order valence-corrected chi connectivity index (χ0v) is 12.9. The second-order valence-electron chi connectivity index (χ2n) is 5.19. The van der Waals surface area contributed by atoms with Crippen molar-refractivity contribution in [3.8, 4) is 0 Å².